The summed E-state index contributed by atoms with van der Waals surface area (Å²) >= 11 is 0. The Kier molecular flexibility index (Phi) is 9.09. The molecular weight excluding hydrogens is 476 g/mol. The Balaban J connectivity index is 1.77. The Bertz CT molecular complexity index is 1010. The second kappa shape index (κ2) is 11.8. The van der Waals surface area contributed by atoms with Crippen LogP contribution >= 0.6 is 0 Å². The van der Waals surface area contributed by atoms with E-state index in [-0.39, 0.29) is 37.9 Å². The lowest BCUT2D eigenvalue weighted by molar-refractivity contribution is -0.147. The molecule has 0 bridgehead atoms. The summed E-state index contributed by atoms with van der Waals surface area (Å²) in [7, 11) is -0.962. The molecule has 12 heteroatoms. The van der Waals surface area contributed by atoms with Crippen molar-refractivity contribution in [2.24, 2.45) is 5.92 Å². The third-order valence-corrected chi connectivity index (χ3v) is 7.75. The number of hydrogen-bond donors (Lipinski definition) is 2. The number of carbonyl (C=O) groups excluding carboxylic acids is 3. The third kappa shape index (κ3) is 6.92. The van der Waals surface area contributed by atoms with Crippen molar-refractivity contribution < 1.29 is 32.3 Å². The fraction of sp³-hybridized carbons (Fsp3) is 0.609. The smallest absolute Gasteiger partial charge is 0.328 e. The SMILES string of the molecule is COC(=O)[C@H](Cc1ccc(OC)cc1)NC(=O)[C@H]1CN(C(=O)C2CCNCC2)CCN1S(C)(=O)=O. The number of hydrogen-bond acceptors (Lipinski definition) is 8. The van der Waals surface area contributed by atoms with Gasteiger partial charge in [-0.2, -0.15) is 4.31 Å². The number of piperazine rings is 1. The average Bonchev–Trinajstić information content (AvgIpc) is 2.87. The molecule has 2 amide bonds. The van der Waals surface area contributed by atoms with E-state index in [1.165, 1.54) is 7.11 Å². The second-order valence-electron chi connectivity index (χ2n) is 8.83. The molecule has 11 nitrogen and oxygen atoms in total. The van der Waals surface area contributed by atoms with Crippen molar-refractivity contribution in [3.05, 3.63) is 29.8 Å². The van der Waals surface area contributed by atoms with E-state index in [2.05, 4.69) is 10.6 Å². The molecule has 2 fully saturated rings. The number of nitrogens with one attached hydrogen (secondary N) is 2. The Morgan fingerprint density at radius 2 is 1.77 bits per heavy atom. The minimum absolute atomic E-state index is 0.00893. The van der Waals surface area contributed by atoms with Gasteiger partial charge in [0, 0.05) is 32.0 Å². The number of rotatable bonds is 8. The van der Waals surface area contributed by atoms with Gasteiger partial charge in [0.2, 0.25) is 21.8 Å². The van der Waals surface area contributed by atoms with Crippen molar-refractivity contribution in [1.29, 1.82) is 0 Å². The maximum absolute atomic E-state index is 13.3. The summed E-state index contributed by atoms with van der Waals surface area (Å²) in [6, 6.07) is 4.84. The minimum atomic E-state index is -3.73. The van der Waals surface area contributed by atoms with Crippen LogP contribution in [-0.4, -0.2) is 101 Å². The van der Waals surface area contributed by atoms with Gasteiger partial charge in [-0.1, -0.05) is 12.1 Å². The van der Waals surface area contributed by atoms with Gasteiger partial charge in [-0.25, -0.2) is 13.2 Å². The van der Waals surface area contributed by atoms with E-state index in [1.807, 2.05) is 0 Å². The average molecular weight is 511 g/mol. The summed E-state index contributed by atoms with van der Waals surface area (Å²) in [5.41, 5.74) is 0.757. The van der Waals surface area contributed by atoms with Crippen LogP contribution in [0.3, 0.4) is 0 Å². The number of carbonyl (C=O) groups is 3. The van der Waals surface area contributed by atoms with Gasteiger partial charge in [0.15, 0.2) is 0 Å². The van der Waals surface area contributed by atoms with Crippen LogP contribution in [-0.2, 0) is 35.6 Å². The number of sulfonamides is 1. The largest absolute Gasteiger partial charge is 0.497 e. The number of methoxy groups -OCH3 is 2. The Hall–Kier alpha value is -2.70. The van der Waals surface area contributed by atoms with E-state index in [9.17, 15) is 22.8 Å². The Morgan fingerprint density at radius 3 is 2.34 bits per heavy atom. The molecule has 0 spiro atoms. The van der Waals surface area contributed by atoms with Crippen molar-refractivity contribution >= 4 is 27.8 Å². The lowest BCUT2D eigenvalue weighted by atomic mass is 9.96. The van der Waals surface area contributed by atoms with E-state index in [1.54, 1.807) is 36.3 Å². The molecule has 35 heavy (non-hydrogen) atoms. The summed E-state index contributed by atoms with van der Waals surface area (Å²) in [5, 5.41) is 5.87. The van der Waals surface area contributed by atoms with Crippen LogP contribution in [0, 0.1) is 5.92 Å². The summed E-state index contributed by atoms with van der Waals surface area (Å²) in [4.78, 5) is 40.4. The number of benzene rings is 1. The number of nitrogens with zero attached hydrogens (tertiary/aromatic N) is 2. The monoisotopic (exact) mass is 510 g/mol. The topological polar surface area (TPSA) is 134 Å². The van der Waals surface area contributed by atoms with Crippen LogP contribution in [0.5, 0.6) is 5.75 Å². The maximum Gasteiger partial charge on any atom is 0.328 e. The van der Waals surface area contributed by atoms with Gasteiger partial charge in [-0.15, -0.1) is 0 Å². The molecule has 2 N–H and O–H groups in total. The molecule has 1 aromatic rings. The maximum atomic E-state index is 13.3. The number of piperidine rings is 1. The third-order valence-electron chi connectivity index (χ3n) is 6.46. The number of amides is 2. The summed E-state index contributed by atoms with van der Waals surface area (Å²) in [5.74, 6) is -0.875. The molecule has 0 aromatic heterocycles. The summed E-state index contributed by atoms with van der Waals surface area (Å²) < 4.78 is 36.0. The Morgan fingerprint density at radius 1 is 1.11 bits per heavy atom. The molecule has 0 aliphatic carbocycles. The lowest BCUT2D eigenvalue weighted by Crippen LogP contribution is -2.63. The molecule has 2 saturated heterocycles. The van der Waals surface area contributed by atoms with E-state index < -0.39 is 34.0 Å². The highest BCUT2D eigenvalue weighted by molar-refractivity contribution is 7.88. The highest BCUT2D eigenvalue weighted by Crippen LogP contribution is 2.21. The van der Waals surface area contributed by atoms with Crippen LogP contribution in [0.1, 0.15) is 18.4 Å². The first kappa shape index (κ1) is 26.9. The molecule has 2 atom stereocenters. The predicted molar refractivity (Wildman–Crippen MR) is 128 cm³/mol. The first-order chi connectivity index (χ1) is 16.6. The molecule has 2 aliphatic heterocycles. The molecule has 3 rings (SSSR count). The predicted octanol–water partition coefficient (Wildman–Crippen LogP) is -0.632. The molecular formula is C23H34N4O7S. The van der Waals surface area contributed by atoms with Crippen LogP contribution in [0.2, 0.25) is 0 Å². The minimum Gasteiger partial charge on any atom is -0.497 e. The quantitative estimate of drug-likeness (QED) is 0.442. The van der Waals surface area contributed by atoms with Crippen molar-refractivity contribution in [2.75, 3.05) is 53.2 Å². The fourth-order valence-electron chi connectivity index (χ4n) is 4.50. The van der Waals surface area contributed by atoms with Crippen molar-refractivity contribution in [3.8, 4) is 5.75 Å². The van der Waals surface area contributed by atoms with Gasteiger partial charge in [-0.05, 0) is 43.6 Å². The lowest BCUT2D eigenvalue weighted by Gasteiger charge is -2.41. The van der Waals surface area contributed by atoms with Gasteiger partial charge in [-0.3, -0.25) is 9.59 Å². The van der Waals surface area contributed by atoms with E-state index in [0.29, 0.717) is 18.6 Å². The van der Waals surface area contributed by atoms with Gasteiger partial charge in [0.05, 0.1) is 20.5 Å². The van der Waals surface area contributed by atoms with E-state index in [4.69, 9.17) is 9.47 Å². The van der Waals surface area contributed by atoms with Crippen molar-refractivity contribution in [3.63, 3.8) is 0 Å². The second-order valence-corrected chi connectivity index (χ2v) is 10.8. The van der Waals surface area contributed by atoms with Crippen LogP contribution < -0.4 is 15.4 Å². The van der Waals surface area contributed by atoms with Gasteiger partial charge in [0.25, 0.3) is 0 Å². The summed E-state index contributed by atoms with van der Waals surface area (Å²) in [6.07, 6.45) is 2.58. The molecule has 0 saturated carbocycles. The fourth-order valence-corrected chi connectivity index (χ4v) is 5.54. The van der Waals surface area contributed by atoms with E-state index >= 15 is 0 Å². The first-order valence-electron chi connectivity index (χ1n) is 11.6. The molecule has 194 valence electrons. The zero-order valence-corrected chi connectivity index (χ0v) is 21.2. The van der Waals surface area contributed by atoms with Gasteiger partial charge in [0.1, 0.15) is 17.8 Å². The standard InChI is InChI=1S/C23H34N4O7S/c1-33-18-6-4-16(5-7-18)14-19(23(30)34-2)25-21(28)20-15-26(12-13-27(20)35(3,31)32)22(29)17-8-10-24-11-9-17/h4-7,17,19-20,24H,8-15H2,1-3H3,(H,25,28)/t19-,20+/m0/s1. The number of ether oxygens (including phenoxy) is 2. The zero-order chi connectivity index (χ0) is 25.6. The van der Waals surface area contributed by atoms with Crippen molar-refractivity contribution in [2.45, 2.75) is 31.3 Å². The van der Waals surface area contributed by atoms with Gasteiger partial charge < -0.3 is 25.0 Å². The number of esters is 1. The normalized spacial score (nSPS) is 20.7. The molecule has 2 heterocycles. The van der Waals surface area contributed by atoms with Crippen LogP contribution in [0.4, 0.5) is 0 Å². The highest BCUT2D eigenvalue weighted by atomic mass is 32.2. The highest BCUT2D eigenvalue weighted by Gasteiger charge is 2.41. The van der Waals surface area contributed by atoms with Crippen LogP contribution in [0.25, 0.3) is 0 Å². The summed E-state index contributed by atoms with van der Waals surface area (Å²) in [6.45, 7) is 1.64. The van der Waals surface area contributed by atoms with Gasteiger partial charge >= 0.3 is 5.97 Å². The van der Waals surface area contributed by atoms with E-state index in [0.717, 1.165) is 29.2 Å². The zero-order valence-electron chi connectivity index (χ0n) is 20.4. The van der Waals surface area contributed by atoms with Crippen LogP contribution in [0.15, 0.2) is 24.3 Å². The molecule has 1 aromatic carbocycles. The van der Waals surface area contributed by atoms with Crippen molar-refractivity contribution in [1.82, 2.24) is 19.8 Å². The molecule has 0 unspecified atom stereocenters. The molecule has 0 radical (unpaired) electrons. The Labute approximate surface area is 206 Å². The first-order valence-corrected chi connectivity index (χ1v) is 13.5. The molecule has 2 aliphatic rings.